The number of rotatable bonds is 8. The quantitative estimate of drug-likeness (QED) is 0.574. The lowest BCUT2D eigenvalue weighted by Crippen LogP contribution is -2.30. The molecule has 0 unspecified atom stereocenters. The highest BCUT2D eigenvalue weighted by molar-refractivity contribution is 7.80. The van der Waals surface area contributed by atoms with E-state index in [0.29, 0.717) is 24.2 Å². The highest BCUT2D eigenvalue weighted by Gasteiger charge is 2.12. The van der Waals surface area contributed by atoms with E-state index in [2.05, 4.69) is 55.7 Å². The fraction of sp³-hybridized carbons (Fsp3) is 0.409. The van der Waals surface area contributed by atoms with Crippen LogP contribution in [0.4, 0.5) is 5.69 Å². The van der Waals surface area contributed by atoms with Crippen LogP contribution in [0.15, 0.2) is 42.5 Å². The number of anilines is 1. The lowest BCUT2D eigenvalue weighted by Gasteiger charge is -2.19. The van der Waals surface area contributed by atoms with E-state index in [1.807, 2.05) is 32.0 Å². The molecule has 0 spiro atoms. The van der Waals surface area contributed by atoms with Crippen LogP contribution in [0.2, 0.25) is 0 Å². The maximum absolute atomic E-state index is 5.71. The summed E-state index contributed by atoms with van der Waals surface area (Å²) in [6.45, 7) is 11.6. The summed E-state index contributed by atoms with van der Waals surface area (Å²) in [5, 5.41) is 7.16. The van der Waals surface area contributed by atoms with Crippen molar-refractivity contribution in [2.24, 2.45) is 0 Å². The van der Waals surface area contributed by atoms with Crippen LogP contribution in [0.5, 0.6) is 11.5 Å². The minimum atomic E-state index is 0.0369. The molecule has 146 valence electrons. The minimum Gasteiger partial charge on any atom is -0.490 e. The van der Waals surface area contributed by atoms with Gasteiger partial charge in [0.15, 0.2) is 16.6 Å². The van der Waals surface area contributed by atoms with Gasteiger partial charge in [0.2, 0.25) is 0 Å². The van der Waals surface area contributed by atoms with Crippen LogP contribution in [0, 0.1) is 0 Å². The summed E-state index contributed by atoms with van der Waals surface area (Å²) in [4.78, 5) is 0. The minimum absolute atomic E-state index is 0.0369. The Morgan fingerprint density at radius 2 is 1.48 bits per heavy atom. The first kappa shape index (κ1) is 21.0. The molecule has 2 rings (SSSR count). The number of ether oxygens (including phenoxy) is 2. The predicted molar refractivity (Wildman–Crippen MR) is 117 cm³/mol. The molecule has 0 saturated carbocycles. The fourth-order valence-electron chi connectivity index (χ4n) is 2.74. The van der Waals surface area contributed by atoms with Gasteiger partial charge in [-0.1, -0.05) is 32.0 Å². The summed E-state index contributed by atoms with van der Waals surface area (Å²) in [5.41, 5.74) is 3.37. The van der Waals surface area contributed by atoms with E-state index < -0.39 is 0 Å². The number of nitrogens with one attached hydrogen (secondary N) is 2. The maximum Gasteiger partial charge on any atom is 0.171 e. The zero-order valence-corrected chi connectivity index (χ0v) is 17.7. The first-order valence-corrected chi connectivity index (χ1v) is 9.92. The molecule has 1 atom stereocenters. The zero-order valence-electron chi connectivity index (χ0n) is 16.8. The van der Waals surface area contributed by atoms with Crippen LogP contribution in [-0.2, 0) is 0 Å². The predicted octanol–water partition coefficient (Wildman–Crippen LogP) is 5.66. The van der Waals surface area contributed by atoms with Gasteiger partial charge in [0.1, 0.15) is 0 Å². The number of benzene rings is 2. The van der Waals surface area contributed by atoms with Crippen molar-refractivity contribution in [1.82, 2.24) is 5.32 Å². The molecule has 27 heavy (non-hydrogen) atoms. The average molecular weight is 387 g/mol. The van der Waals surface area contributed by atoms with Crippen molar-refractivity contribution in [3.8, 4) is 11.5 Å². The summed E-state index contributed by atoms with van der Waals surface area (Å²) in [7, 11) is 0. The molecule has 4 nitrogen and oxygen atoms in total. The topological polar surface area (TPSA) is 42.5 Å². The molecule has 0 aromatic heterocycles. The van der Waals surface area contributed by atoms with E-state index in [4.69, 9.17) is 21.7 Å². The molecule has 2 N–H and O–H groups in total. The summed E-state index contributed by atoms with van der Waals surface area (Å²) in [6, 6.07) is 14.4. The van der Waals surface area contributed by atoms with Crippen molar-refractivity contribution in [2.45, 2.75) is 46.6 Å². The Morgan fingerprint density at radius 3 is 2.07 bits per heavy atom. The van der Waals surface area contributed by atoms with Crippen molar-refractivity contribution in [2.75, 3.05) is 18.5 Å². The molecule has 2 aromatic carbocycles. The van der Waals surface area contributed by atoms with E-state index in [1.165, 1.54) is 5.56 Å². The lowest BCUT2D eigenvalue weighted by atomic mass is 10.0. The van der Waals surface area contributed by atoms with Crippen molar-refractivity contribution in [3.05, 3.63) is 53.6 Å². The van der Waals surface area contributed by atoms with Gasteiger partial charge in [0.05, 0.1) is 19.3 Å². The third kappa shape index (κ3) is 6.14. The van der Waals surface area contributed by atoms with Crippen molar-refractivity contribution in [3.63, 3.8) is 0 Å². The van der Waals surface area contributed by atoms with E-state index in [1.54, 1.807) is 0 Å². The summed E-state index contributed by atoms with van der Waals surface area (Å²) in [6.07, 6.45) is 0. The monoisotopic (exact) mass is 386 g/mol. The third-order valence-corrected chi connectivity index (χ3v) is 4.47. The first-order valence-electron chi connectivity index (χ1n) is 9.51. The molecule has 0 aliphatic rings. The Bertz CT molecular complexity index is 744. The molecule has 5 heteroatoms. The maximum atomic E-state index is 5.71. The van der Waals surface area contributed by atoms with Gasteiger partial charge in [0, 0.05) is 5.69 Å². The highest BCUT2D eigenvalue weighted by Crippen LogP contribution is 2.30. The average Bonchev–Trinajstić information content (AvgIpc) is 2.63. The molecular weight excluding hydrogens is 356 g/mol. The van der Waals surface area contributed by atoms with Crippen LogP contribution >= 0.6 is 12.2 Å². The largest absolute Gasteiger partial charge is 0.490 e. The Kier molecular flexibility index (Phi) is 7.92. The molecule has 0 saturated heterocycles. The second-order valence-electron chi connectivity index (χ2n) is 6.67. The van der Waals surface area contributed by atoms with Gasteiger partial charge in [-0.2, -0.15) is 0 Å². The summed E-state index contributed by atoms with van der Waals surface area (Å²) in [5.74, 6) is 2.04. The second kappa shape index (κ2) is 10.2. The van der Waals surface area contributed by atoms with E-state index in [0.717, 1.165) is 22.7 Å². The van der Waals surface area contributed by atoms with Gasteiger partial charge >= 0.3 is 0 Å². The van der Waals surface area contributed by atoms with Crippen LogP contribution in [-0.4, -0.2) is 18.3 Å². The van der Waals surface area contributed by atoms with Crippen LogP contribution in [0.25, 0.3) is 0 Å². The Balaban J connectivity index is 2.01. The molecule has 0 aliphatic carbocycles. The third-order valence-electron chi connectivity index (χ3n) is 4.25. The number of thiocarbonyl (C=S) groups is 1. The van der Waals surface area contributed by atoms with Gasteiger partial charge in [-0.25, -0.2) is 0 Å². The Labute approximate surface area is 168 Å². The molecule has 0 amide bonds. The smallest absolute Gasteiger partial charge is 0.171 e. The SMILES string of the molecule is CCOc1ccc([C@H](C)NC(=S)Nc2ccc(C(C)C)cc2)cc1OCC. The Hall–Kier alpha value is -2.27. The second-order valence-corrected chi connectivity index (χ2v) is 7.08. The lowest BCUT2D eigenvalue weighted by molar-refractivity contribution is 0.287. The molecule has 0 aliphatic heterocycles. The van der Waals surface area contributed by atoms with Gasteiger partial charge in [-0.15, -0.1) is 0 Å². The molecular formula is C22H30N2O2S. The van der Waals surface area contributed by atoms with Crippen LogP contribution in [0.1, 0.15) is 57.7 Å². The summed E-state index contributed by atoms with van der Waals surface area (Å²) < 4.78 is 11.3. The van der Waals surface area contributed by atoms with E-state index >= 15 is 0 Å². The zero-order chi connectivity index (χ0) is 19.8. The van der Waals surface area contributed by atoms with Crippen LogP contribution < -0.4 is 20.1 Å². The van der Waals surface area contributed by atoms with E-state index in [-0.39, 0.29) is 6.04 Å². The number of hydrogen-bond acceptors (Lipinski definition) is 3. The van der Waals surface area contributed by atoms with Gasteiger partial charge in [0.25, 0.3) is 0 Å². The van der Waals surface area contributed by atoms with E-state index in [9.17, 15) is 0 Å². The first-order chi connectivity index (χ1) is 12.9. The van der Waals surface area contributed by atoms with Gasteiger partial charge in [-0.05, 0) is 74.3 Å². The Morgan fingerprint density at radius 1 is 0.889 bits per heavy atom. The van der Waals surface area contributed by atoms with Crippen molar-refractivity contribution < 1.29 is 9.47 Å². The highest BCUT2D eigenvalue weighted by atomic mass is 32.1. The molecule has 0 fully saturated rings. The molecule has 0 radical (unpaired) electrons. The van der Waals surface area contributed by atoms with Crippen LogP contribution in [0.3, 0.4) is 0 Å². The normalized spacial score (nSPS) is 11.8. The van der Waals surface area contributed by atoms with Crippen molar-refractivity contribution >= 4 is 23.0 Å². The summed E-state index contributed by atoms with van der Waals surface area (Å²) >= 11 is 5.47. The molecule has 0 bridgehead atoms. The fourth-order valence-corrected chi connectivity index (χ4v) is 3.03. The van der Waals surface area contributed by atoms with Crippen molar-refractivity contribution in [1.29, 1.82) is 0 Å². The standard InChI is InChI=1S/C22H30N2O2S/c1-6-25-20-13-10-18(14-21(20)26-7-2)16(5)23-22(27)24-19-11-8-17(9-12-19)15(3)4/h8-16H,6-7H2,1-5H3,(H2,23,24,27)/t16-/m0/s1. The van der Waals surface area contributed by atoms with Gasteiger partial charge < -0.3 is 20.1 Å². The number of hydrogen-bond donors (Lipinski definition) is 2. The molecule has 2 aromatic rings. The van der Waals surface area contributed by atoms with Gasteiger partial charge in [-0.3, -0.25) is 0 Å². The molecule has 0 heterocycles.